The van der Waals surface area contributed by atoms with E-state index in [1.807, 2.05) is 6.92 Å². The fourth-order valence-electron chi connectivity index (χ4n) is 1.33. The molecule has 1 aromatic rings. The fourth-order valence-corrected chi connectivity index (χ4v) is 1.33. The van der Waals surface area contributed by atoms with Gasteiger partial charge in [-0.2, -0.15) is 0 Å². The molecule has 0 aromatic carbocycles. The maximum atomic E-state index is 13.4. The van der Waals surface area contributed by atoms with Crippen molar-refractivity contribution in [3.05, 3.63) is 17.8 Å². The van der Waals surface area contributed by atoms with Gasteiger partial charge in [-0.25, -0.2) is 14.4 Å². The number of nitrogens with one attached hydrogen (secondary N) is 1. The molecule has 0 fully saturated rings. The summed E-state index contributed by atoms with van der Waals surface area (Å²) in [5.41, 5.74) is 0.348. The molecule has 1 rings (SSSR count). The molecule has 0 saturated carbocycles. The highest BCUT2D eigenvalue weighted by Gasteiger charge is 2.06. The van der Waals surface area contributed by atoms with Gasteiger partial charge >= 0.3 is 0 Å². The quantitative estimate of drug-likeness (QED) is 0.727. The first-order valence-corrected chi connectivity index (χ1v) is 5.47. The van der Waals surface area contributed by atoms with E-state index in [2.05, 4.69) is 15.3 Å². The first-order chi connectivity index (χ1) is 7.65. The van der Waals surface area contributed by atoms with Crippen molar-refractivity contribution in [3.8, 4) is 0 Å². The van der Waals surface area contributed by atoms with Gasteiger partial charge in [0, 0.05) is 13.2 Å². The van der Waals surface area contributed by atoms with Crippen LogP contribution in [-0.2, 0) is 0 Å². The predicted molar refractivity (Wildman–Crippen MR) is 60.7 cm³/mol. The highest BCUT2D eigenvalue weighted by Crippen LogP contribution is 2.12. The highest BCUT2D eigenvalue weighted by molar-refractivity contribution is 5.36. The van der Waals surface area contributed by atoms with Crippen LogP contribution in [0.4, 0.5) is 10.2 Å². The van der Waals surface area contributed by atoms with E-state index in [1.54, 1.807) is 6.92 Å². The van der Waals surface area contributed by atoms with Crippen molar-refractivity contribution in [3.63, 3.8) is 0 Å². The average molecular weight is 227 g/mol. The van der Waals surface area contributed by atoms with Gasteiger partial charge in [-0.05, 0) is 25.7 Å². The summed E-state index contributed by atoms with van der Waals surface area (Å²) in [7, 11) is 0. The molecule has 0 aliphatic heterocycles. The number of halogens is 1. The van der Waals surface area contributed by atoms with E-state index >= 15 is 0 Å². The molecule has 1 unspecified atom stereocenters. The highest BCUT2D eigenvalue weighted by atomic mass is 19.1. The van der Waals surface area contributed by atoms with Crippen LogP contribution in [-0.4, -0.2) is 28.2 Å². The van der Waals surface area contributed by atoms with E-state index in [0.717, 1.165) is 12.8 Å². The molecular formula is C11H18FN3O. The fraction of sp³-hybridized carbons (Fsp3) is 0.636. The summed E-state index contributed by atoms with van der Waals surface area (Å²) in [5, 5.41) is 11.8. The predicted octanol–water partition coefficient (Wildman–Crippen LogP) is 1.74. The molecule has 0 aliphatic rings. The largest absolute Gasteiger partial charge is 0.396 e. The first kappa shape index (κ1) is 12.8. The van der Waals surface area contributed by atoms with Crippen LogP contribution in [0.5, 0.6) is 0 Å². The van der Waals surface area contributed by atoms with Crippen molar-refractivity contribution in [2.45, 2.75) is 26.7 Å². The Balaban J connectivity index is 2.35. The molecule has 0 spiro atoms. The van der Waals surface area contributed by atoms with Crippen LogP contribution in [0.25, 0.3) is 0 Å². The van der Waals surface area contributed by atoms with Crippen LogP contribution in [0.3, 0.4) is 0 Å². The molecule has 16 heavy (non-hydrogen) atoms. The molecule has 4 nitrogen and oxygen atoms in total. The van der Waals surface area contributed by atoms with Crippen molar-refractivity contribution in [1.82, 2.24) is 9.97 Å². The molecule has 0 radical (unpaired) electrons. The van der Waals surface area contributed by atoms with Crippen LogP contribution < -0.4 is 5.32 Å². The normalized spacial score (nSPS) is 12.5. The number of nitrogens with zero attached hydrogens (tertiary/aromatic N) is 2. The van der Waals surface area contributed by atoms with Crippen molar-refractivity contribution in [2.24, 2.45) is 5.92 Å². The third kappa shape index (κ3) is 3.73. The Morgan fingerprint density at radius 3 is 2.94 bits per heavy atom. The van der Waals surface area contributed by atoms with E-state index in [0.29, 0.717) is 18.2 Å². The summed E-state index contributed by atoms with van der Waals surface area (Å²) in [6, 6.07) is 0. The van der Waals surface area contributed by atoms with E-state index in [4.69, 9.17) is 5.11 Å². The first-order valence-electron chi connectivity index (χ1n) is 5.47. The van der Waals surface area contributed by atoms with Crippen LogP contribution in [0, 0.1) is 18.7 Å². The maximum Gasteiger partial charge on any atom is 0.186 e. The van der Waals surface area contributed by atoms with Gasteiger partial charge in [0.15, 0.2) is 11.6 Å². The molecule has 90 valence electrons. The molecule has 0 amide bonds. The van der Waals surface area contributed by atoms with Gasteiger partial charge in [-0.15, -0.1) is 0 Å². The van der Waals surface area contributed by atoms with Gasteiger partial charge in [0.25, 0.3) is 0 Å². The average Bonchev–Trinajstić information content (AvgIpc) is 2.29. The van der Waals surface area contributed by atoms with E-state index in [9.17, 15) is 4.39 Å². The number of aromatic nitrogens is 2. The van der Waals surface area contributed by atoms with E-state index in [1.165, 1.54) is 6.33 Å². The minimum absolute atomic E-state index is 0.195. The number of aliphatic hydroxyl groups is 1. The van der Waals surface area contributed by atoms with Crippen molar-refractivity contribution in [1.29, 1.82) is 0 Å². The van der Waals surface area contributed by atoms with Gasteiger partial charge < -0.3 is 10.4 Å². The third-order valence-electron chi connectivity index (χ3n) is 2.44. The van der Waals surface area contributed by atoms with Crippen LogP contribution in [0.2, 0.25) is 0 Å². The zero-order valence-electron chi connectivity index (χ0n) is 9.70. The lowest BCUT2D eigenvalue weighted by atomic mass is 10.1. The number of aryl methyl sites for hydroxylation is 1. The molecule has 2 N–H and O–H groups in total. The zero-order chi connectivity index (χ0) is 12.0. The monoisotopic (exact) mass is 227 g/mol. The number of rotatable bonds is 6. The maximum absolute atomic E-state index is 13.4. The van der Waals surface area contributed by atoms with Crippen molar-refractivity contribution in [2.75, 3.05) is 18.5 Å². The number of anilines is 1. The second kappa shape index (κ2) is 6.37. The Labute approximate surface area is 94.9 Å². The van der Waals surface area contributed by atoms with Gasteiger partial charge in [0.1, 0.15) is 6.33 Å². The number of aliphatic hydroxyl groups excluding tert-OH is 1. The molecular weight excluding hydrogens is 209 g/mol. The third-order valence-corrected chi connectivity index (χ3v) is 2.44. The van der Waals surface area contributed by atoms with Crippen LogP contribution in [0.1, 0.15) is 25.5 Å². The Morgan fingerprint density at radius 1 is 1.50 bits per heavy atom. The lowest BCUT2D eigenvalue weighted by molar-refractivity contribution is 0.229. The lowest BCUT2D eigenvalue weighted by Gasteiger charge is -2.09. The molecule has 1 atom stereocenters. The zero-order valence-corrected chi connectivity index (χ0v) is 9.70. The Morgan fingerprint density at radius 2 is 2.25 bits per heavy atom. The summed E-state index contributed by atoms with van der Waals surface area (Å²) in [4.78, 5) is 7.58. The van der Waals surface area contributed by atoms with E-state index in [-0.39, 0.29) is 12.4 Å². The van der Waals surface area contributed by atoms with Crippen molar-refractivity contribution >= 4 is 5.82 Å². The topological polar surface area (TPSA) is 58.0 Å². The number of hydrogen-bond acceptors (Lipinski definition) is 4. The summed E-state index contributed by atoms with van der Waals surface area (Å²) in [6.07, 6.45) is 3.14. The van der Waals surface area contributed by atoms with E-state index < -0.39 is 5.82 Å². The molecule has 1 heterocycles. The minimum atomic E-state index is -0.391. The van der Waals surface area contributed by atoms with Gasteiger partial charge in [-0.1, -0.05) is 6.92 Å². The summed E-state index contributed by atoms with van der Waals surface area (Å²) < 4.78 is 13.4. The molecule has 1 aromatic heterocycles. The Bertz CT molecular complexity index is 333. The van der Waals surface area contributed by atoms with Gasteiger partial charge in [0.05, 0.1) is 5.69 Å². The van der Waals surface area contributed by atoms with Crippen molar-refractivity contribution < 1.29 is 9.50 Å². The summed E-state index contributed by atoms with van der Waals surface area (Å²) in [5.74, 6) is 0.153. The molecule has 0 saturated heterocycles. The Hall–Kier alpha value is -1.23. The second-order valence-corrected chi connectivity index (χ2v) is 3.98. The second-order valence-electron chi connectivity index (χ2n) is 3.98. The minimum Gasteiger partial charge on any atom is -0.396 e. The Kier molecular flexibility index (Phi) is 5.11. The molecule has 0 bridgehead atoms. The van der Waals surface area contributed by atoms with Gasteiger partial charge in [-0.3, -0.25) is 0 Å². The lowest BCUT2D eigenvalue weighted by Crippen LogP contribution is -2.09. The molecule has 5 heteroatoms. The smallest absolute Gasteiger partial charge is 0.186 e. The van der Waals surface area contributed by atoms with Crippen LogP contribution in [0.15, 0.2) is 6.33 Å². The standard InChI is InChI=1S/C11H18FN3O/c1-8(6-16)4-3-5-13-11-10(12)9(2)14-7-15-11/h7-8,16H,3-6H2,1-2H3,(H,13,14,15). The SMILES string of the molecule is Cc1ncnc(NCCCC(C)CO)c1F. The summed E-state index contributed by atoms with van der Waals surface area (Å²) >= 11 is 0. The number of hydrogen-bond donors (Lipinski definition) is 2. The van der Waals surface area contributed by atoms with Gasteiger partial charge in [0.2, 0.25) is 0 Å². The molecule has 0 aliphatic carbocycles. The van der Waals surface area contributed by atoms with Crippen LogP contribution >= 0.6 is 0 Å². The summed E-state index contributed by atoms with van der Waals surface area (Å²) in [6.45, 7) is 4.43.